The summed E-state index contributed by atoms with van der Waals surface area (Å²) in [5, 5.41) is 18.6. The number of halogens is 1. The number of benzene rings is 1. The first kappa shape index (κ1) is 13.8. The predicted molar refractivity (Wildman–Crippen MR) is 67.6 cm³/mol. The molecule has 5 heteroatoms. The minimum atomic E-state index is -0.844. The summed E-state index contributed by atoms with van der Waals surface area (Å²) in [7, 11) is 1.46. The van der Waals surface area contributed by atoms with E-state index in [9.17, 15) is 9.90 Å². The lowest BCUT2D eigenvalue weighted by Crippen LogP contribution is -2.13. The number of aliphatic carboxylic acids is 1. The van der Waals surface area contributed by atoms with E-state index < -0.39 is 11.9 Å². The zero-order valence-corrected chi connectivity index (χ0v) is 11.5. The number of hydrogen-bond acceptors (Lipinski definition) is 3. The molecular formula is C12H15BrO4. The van der Waals surface area contributed by atoms with Gasteiger partial charge in [-0.05, 0) is 46.5 Å². The second-order valence-electron chi connectivity index (χ2n) is 3.98. The average Bonchev–Trinajstić information content (AvgIpc) is 2.24. The largest absolute Gasteiger partial charge is 0.504 e. The van der Waals surface area contributed by atoms with Gasteiger partial charge in [-0.15, -0.1) is 0 Å². The van der Waals surface area contributed by atoms with Crippen LogP contribution in [0.15, 0.2) is 10.5 Å². The van der Waals surface area contributed by atoms with Gasteiger partial charge in [-0.1, -0.05) is 6.92 Å². The van der Waals surface area contributed by atoms with E-state index in [1.54, 1.807) is 13.0 Å². The Morgan fingerprint density at radius 3 is 2.65 bits per heavy atom. The molecular weight excluding hydrogens is 288 g/mol. The average molecular weight is 303 g/mol. The Morgan fingerprint density at radius 2 is 2.18 bits per heavy atom. The van der Waals surface area contributed by atoms with Crippen LogP contribution in [0.1, 0.15) is 18.1 Å². The van der Waals surface area contributed by atoms with E-state index in [2.05, 4.69) is 15.9 Å². The zero-order chi connectivity index (χ0) is 13.2. The fourth-order valence-corrected chi connectivity index (χ4v) is 2.46. The first-order valence-electron chi connectivity index (χ1n) is 5.16. The molecule has 0 radical (unpaired) electrons. The molecule has 17 heavy (non-hydrogen) atoms. The van der Waals surface area contributed by atoms with Gasteiger partial charge in [0.05, 0.1) is 17.5 Å². The minimum Gasteiger partial charge on any atom is -0.504 e. The van der Waals surface area contributed by atoms with Crippen LogP contribution in [0.25, 0.3) is 0 Å². The highest BCUT2D eigenvalue weighted by molar-refractivity contribution is 9.10. The van der Waals surface area contributed by atoms with Crippen molar-refractivity contribution >= 4 is 21.9 Å². The first-order chi connectivity index (χ1) is 7.88. The molecule has 0 aromatic heterocycles. The number of aryl methyl sites for hydroxylation is 1. The normalized spacial score (nSPS) is 12.2. The fraction of sp³-hybridized carbons (Fsp3) is 0.417. The van der Waals surface area contributed by atoms with E-state index >= 15 is 0 Å². The maximum Gasteiger partial charge on any atom is 0.306 e. The molecule has 4 nitrogen and oxygen atoms in total. The molecule has 0 amide bonds. The van der Waals surface area contributed by atoms with Gasteiger partial charge in [0.25, 0.3) is 0 Å². The molecule has 1 atom stereocenters. The molecule has 1 aromatic rings. The maximum absolute atomic E-state index is 10.9. The molecule has 0 saturated carbocycles. The molecule has 0 bridgehead atoms. The Morgan fingerprint density at radius 1 is 1.59 bits per heavy atom. The Bertz CT molecular complexity index is 443. The lowest BCUT2D eigenvalue weighted by atomic mass is 9.97. The van der Waals surface area contributed by atoms with Gasteiger partial charge in [-0.25, -0.2) is 0 Å². The van der Waals surface area contributed by atoms with Crippen molar-refractivity contribution in [1.82, 2.24) is 0 Å². The van der Waals surface area contributed by atoms with Gasteiger partial charge >= 0.3 is 5.97 Å². The molecule has 0 heterocycles. The maximum atomic E-state index is 10.9. The number of phenolic OH excluding ortho intramolecular Hbond substituents is 1. The molecule has 1 aromatic carbocycles. The fourth-order valence-electron chi connectivity index (χ4n) is 1.62. The van der Waals surface area contributed by atoms with Gasteiger partial charge < -0.3 is 14.9 Å². The monoisotopic (exact) mass is 302 g/mol. The van der Waals surface area contributed by atoms with E-state index in [4.69, 9.17) is 9.84 Å². The number of carbonyl (C=O) groups is 1. The number of rotatable bonds is 4. The summed E-state index contributed by atoms with van der Waals surface area (Å²) >= 11 is 3.34. The summed E-state index contributed by atoms with van der Waals surface area (Å²) in [4.78, 5) is 10.9. The second kappa shape index (κ2) is 5.40. The van der Waals surface area contributed by atoms with Gasteiger partial charge in [0, 0.05) is 0 Å². The molecule has 0 spiro atoms. The number of ether oxygens (including phenoxy) is 1. The van der Waals surface area contributed by atoms with E-state index in [0.717, 1.165) is 11.1 Å². The van der Waals surface area contributed by atoms with Crippen LogP contribution in [-0.4, -0.2) is 23.3 Å². The molecule has 0 saturated heterocycles. The summed E-state index contributed by atoms with van der Waals surface area (Å²) in [6.07, 6.45) is 0.387. The first-order valence-corrected chi connectivity index (χ1v) is 5.95. The van der Waals surface area contributed by atoms with Crippen LogP contribution >= 0.6 is 15.9 Å². The zero-order valence-electron chi connectivity index (χ0n) is 9.95. The van der Waals surface area contributed by atoms with Gasteiger partial charge in [0.1, 0.15) is 0 Å². The van der Waals surface area contributed by atoms with Crippen molar-refractivity contribution in [1.29, 1.82) is 0 Å². The third-order valence-corrected chi connectivity index (χ3v) is 3.50. The third kappa shape index (κ3) is 2.91. The number of carboxylic acid groups (broad SMARTS) is 1. The lowest BCUT2D eigenvalue weighted by molar-refractivity contribution is -0.141. The van der Waals surface area contributed by atoms with Crippen LogP contribution in [-0.2, 0) is 11.2 Å². The van der Waals surface area contributed by atoms with Crippen LogP contribution in [0.3, 0.4) is 0 Å². The quantitative estimate of drug-likeness (QED) is 0.897. The van der Waals surface area contributed by atoms with E-state index in [-0.39, 0.29) is 5.75 Å². The highest BCUT2D eigenvalue weighted by Gasteiger charge is 2.19. The van der Waals surface area contributed by atoms with Gasteiger partial charge in [-0.2, -0.15) is 0 Å². The van der Waals surface area contributed by atoms with E-state index in [1.165, 1.54) is 7.11 Å². The Labute approximate surface area is 108 Å². The second-order valence-corrected chi connectivity index (χ2v) is 4.77. The van der Waals surface area contributed by atoms with Crippen molar-refractivity contribution in [2.45, 2.75) is 20.3 Å². The van der Waals surface area contributed by atoms with Gasteiger partial charge in [0.15, 0.2) is 11.5 Å². The minimum absolute atomic E-state index is 0.0450. The van der Waals surface area contributed by atoms with E-state index in [0.29, 0.717) is 16.6 Å². The van der Waals surface area contributed by atoms with Crippen molar-refractivity contribution in [3.8, 4) is 11.5 Å². The number of hydrogen-bond donors (Lipinski definition) is 2. The highest BCUT2D eigenvalue weighted by Crippen LogP contribution is 2.39. The summed E-state index contributed by atoms with van der Waals surface area (Å²) in [5.41, 5.74) is 1.68. The molecule has 1 rings (SSSR count). The van der Waals surface area contributed by atoms with Gasteiger partial charge in [-0.3, -0.25) is 4.79 Å². The topological polar surface area (TPSA) is 66.8 Å². The van der Waals surface area contributed by atoms with Crippen molar-refractivity contribution in [3.05, 3.63) is 21.7 Å². The van der Waals surface area contributed by atoms with Crippen molar-refractivity contribution < 1.29 is 19.7 Å². The standard InChI is InChI=1S/C12H15BrO4/c1-6-5-9(14)11(17-3)10(13)8(6)4-7(2)12(15)16/h5,7,14H,4H2,1-3H3,(H,15,16). The van der Waals surface area contributed by atoms with Crippen LogP contribution < -0.4 is 4.74 Å². The van der Waals surface area contributed by atoms with Gasteiger partial charge in [0.2, 0.25) is 0 Å². The molecule has 0 aliphatic carbocycles. The summed E-state index contributed by atoms with van der Waals surface area (Å²) in [5.74, 6) is -0.950. The molecule has 0 aliphatic heterocycles. The van der Waals surface area contributed by atoms with Crippen molar-refractivity contribution in [2.75, 3.05) is 7.11 Å². The highest BCUT2D eigenvalue weighted by atomic mass is 79.9. The van der Waals surface area contributed by atoms with Crippen LogP contribution in [0.2, 0.25) is 0 Å². The molecule has 2 N–H and O–H groups in total. The summed E-state index contributed by atoms with van der Waals surface area (Å²) in [6, 6.07) is 1.58. The SMILES string of the molecule is COc1c(O)cc(C)c(CC(C)C(=O)O)c1Br. The Hall–Kier alpha value is -1.23. The Kier molecular flexibility index (Phi) is 4.40. The number of methoxy groups -OCH3 is 1. The molecule has 94 valence electrons. The Balaban J connectivity index is 3.20. The number of carboxylic acids is 1. The predicted octanol–water partition coefficient (Wildman–Crippen LogP) is 2.73. The van der Waals surface area contributed by atoms with Crippen molar-refractivity contribution in [3.63, 3.8) is 0 Å². The number of aromatic hydroxyl groups is 1. The molecule has 0 fully saturated rings. The van der Waals surface area contributed by atoms with Crippen LogP contribution in [0, 0.1) is 12.8 Å². The van der Waals surface area contributed by atoms with Crippen molar-refractivity contribution in [2.24, 2.45) is 5.92 Å². The lowest BCUT2D eigenvalue weighted by Gasteiger charge is -2.15. The molecule has 0 aliphatic rings. The molecule has 1 unspecified atom stereocenters. The van der Waals surface area contributed by atoms with Crippen LogP contribution in [0.5, 0.6) is 11.5 Å². The van der Waals surface area contributed by atoms with Crippen LogP contribution in [0.4, 0.5) is 0 Å². The van der Waals surface area contributed by atoms with E-state index in [1.807, 2.05) is 6.92 Å². The summed E-state index contributed by atoms with van der Waals surface area (Å²) < 4.78 is 5.69. The summed E-state index contributed by atoms with van der Waals surface area (Å²) in [6.45, 7) is 3.47. The smallest absolute Gasteiger partial charge is 0.306 e. The number of phenols is 1. The third-order valence-electron chi connectivity index (χ3n) is 2.66.